The van der Waals surface area contributed by atoms with Crippen LogP contribution in [0.15, 0.2) is 44.6 Å². The topological polar surface area (TPSA) is 76.4 Å². The molecule has 2 heterocycles. The number of hydrogen-bond donors (Lipinski definition) is 0. The molecule has 176 valence electrons. The molecule has 1 aromatic carbocycles. The van der Waals surface area contributed by atoms with Crippen molar-refractivity contribution < 1.29 is 28.1 Å². The van der Waals surface area contributed by atoms with Gasteiger partial charge in [-0.05, 0) is 62.5 Å². The first-order valence-electron chi connectivity index (χ1n) is 11.0. The standard InChI is InChI=1S/C24H32O7S/c1-26-21-10-9-19(15-22(21)27-2)32-13-7-3-5-11-28-23-17-30-18(14-20(23)25)16-31-24-8-4-6-12-29-24/h9-10,14-15,17,24H,3-8,11-13,16H2,1-2H3. The number of unbranched alkanes of at least 4 members (excludes halogenated alkanes) is 2. The lowest BCUT2D eigenvalue weighted by Crippen LogP contribution is -2.22. The predicted molar refractivity (Wildman–Crippen MR) is 123 cm³/mol. The van der Waals surface area contributed by atoms with Gasteiger partial charge in [0.25, 0.3) is 0 Å². The van der Waals surface area contributed by atoms with E-state index in [1.165, 1.54) is 12.3 Å². The highest BCUT2D eigenvalue weighted by molar-refractivity contribution is 7.99. The van der Waals surface area contributed by atoms with E-state index in [9.17, 15) is 4.79 Å². The van der Waals surface area contributed by atoms with Gasteiger partial charge in [-0.15, -0.1) is 11.8 Å². The van der Waals surface area contributed by atoms with Crippen LogP contribution in [0.5, 0.6) is 17.2 Å². The van der Waals surface area contributed by atoms with Crippen LogP contribution in [-0.2, 0) is 16.1 Å². The van der Waals surface area contributed by atoms with Gasteiger partial charge in [0.05, 0.1) is 20.8 Å². The maximum atomic E-state index is 12.2. The van der Waals surface area contributed by atoms with Crippen molar-refractivity contribution in [3.63, 3.8) is 0 Å². The second-order valence-electron chi connectivity index (χ2n) is 7.46. The average Bonchev–Trinajstić information content (AvgIpc) is 2.83. The summed E-state index contributed by atoms with van der Waals surface area (Å²) in [6, 6.07) is 7.37. The summed E-state index contributed by atoms with van der Waals surface area (Å²) in [6.07, 6.45) is 7.13. The van der Waals surface area contributed by atoms with Crippen LogP contribution < -0.4 is 19.6 Å². The van der Waals surface area contributed by atoms with Crippen molar-refractivity contribution in [1.82, 2.24) is 0 Å². The Kier molecular flexibility index (Phi) is 10.3. The third-order valence-electron chi connectivity index (χ3n) is 5.07. The molecule has 0 amide bonds. The Bertz CT molecular complexity index is 877. The van der Waals surface area contributed by atoms with Crippen molar-refractivity contribution in [2.45, 2.75) is 56.3 Å². The molecule has 0 N–H and O–H groups in total. The van der Waals surface area contributed by atoms with E-state index in [0.717, 1.165) is 67.3 Å². The number of ether oxygens (including phenoxy) is 5. The Labute approximate surface area is 193 Å². The molecule has 0 aliphatic carbocycles. The van der Waals surface area contributed by atoms with Crippen molar-refractivity contribution >= 4 is 11.8 Å². The molecule has 0 radical (unpaired) electrons. The van der Waals surface area contributed by atoms with Crippen molar-refractivity contribution in [3.05, 3.63) is 46.5 Å². The molecule has 3 rings (SSSR count). The summed E-state index contributed by atoms with van der Waals surface area (Å²) in [5.41, 5.74) is -0.191. The summed E-state index contributed by atoms with van der Waals surface area (Å²) in [5, 5.41) is 0. The van der Waals surface area contributed by atoms with E-state index in [1.54, 1.807) is 26.0 Å². The Morgan fingerprint density at radius 1 is 1.03 bits per heavy atom. The summed E-state index contributed by atoms with van der Waals surface area (Å²) in [5.74, 6) is 3.18. The molecule has 1 aliphatic heterocycles. The minimum Gasteiger partial charge on any atom is -0.493 e. The molecule has 1 unspecified atom stereocenters. The Morgan fingerprint density at radius 2 is 1.91 bits per heavy atom. The van der Waals surface area contributed by atoms with E-state index in [1.807, 2.05) is 18.2 Å². The third-order valence-corrected chi connectivity index (χ3v) is 6.15. The molecule has 1 aliphatic rings. The number of rotatable bonds is 13. The summed E-state index contributed by atoms with van der Waals surface area (Å²) in [6.45, 7) is 1.42. The van der Waals surface area contributed by atoms with Crippen molar-refractivity contribution in [3.8, 4) is 17.2 Å². The van der Waals surface area contributed by atoms with Crippen LogP contribution >= 0.6 is 11.8 Å². The second kappa shape index (κ2) is 13.4. The van der Waals surface area contributed by atoms with Gasteiger partial charge in [0.1, 0.15) is 18.6 Å². The van der Waals surface area contributed by atoms with Crippen molar-refractivity contribution in [2.75, 3.05) is 33.2 Å². The van der Waals surface area contributed by atoms with Gasteiger partial charge in [-0.1, -0.05) is 0 Å². The lowest BCUT2D eigenvalue weighted by atomic mass is 10.2. The van der Waals surface area contributed by atoms with Gasteiger partial charge in [-0.25, -0.2) is 0 Å². The fraction of sp³-hybridized carbons (Fsp3) is 0.542. The Morgan fingerprint density at radius 3 is 2.66 bits per heavy atom. The summed E-state index contributed by atoms with van der Waals surface area (Å²) in [7, 11) is 3.27. The summed E-state index contributed by atoms with van der Waals surface area (Å²) < 4.78 is 32.8. The van der Waals surface area contributed by atoms with Gasteiger partial charge < -0.3 is 28.1 Å². The molecule has 8 heteroatoms. The molecule has 32 heavy (non-hydrogen) atoms. The van der Waals surface area contributed by atoms with Gasteiger partial charge in [0, 0.05) is 17.6 Å². The molecule has 0 bridgehead atoms. The first-order valence-corrected chi connectivity index (χ1v) is 12.0. The highest BCUT2D eigenvalue weighted by atomic mass is 32.2. The number of hydrogen-bond acceptors (Lipinski definition) is 8. The van der Waals surface area contributed by atoms with Gasteiger partial charge in [-0.3, -0.25) is 4.79 Å². The van der Waals surface area contributed by atoms with Crippen LogP contribution in [0.2, 0.25) is 0 Å². The molecule has 1 saturated heterocycles. The monoisotopic (exact) mass is 464 g/mol. The van der Waals surface area contributed by atoms with E-state index in [2.05, 4.69) is 0 Å². The normalized spacial score (nSPS) is 16.0. The second-order valence-corrected chi connectivity index (χ2v) is 8.62. The lowest BCUT2D eigenvalue weighted by molar-refractivity contribution is -0.171. The number of benzene rings is 1. The van der Waals surface area contributed by atoms with Crippen LogP contribution in [-0.4, -0.2) is 39.5 Å². The van der Waals surface area contributed by atoms with E-state index >= 15 is 0 Å². The molecule has 0 saturated carbocycles. The largest absolute Gasteiger partial charge is 0.493 e. The fourth-order valence-corrected chi connectivity index (χ4v) is 4.24. The molecule has 7 nitrogen and oxygen atoms in total. The zero-order valence-electron chi connectivity index (χ0n) is 18.8. The molecular weight excluding hydrogens is 432 g/mol. The van der Waals surface area contributed by atoms with Crippen LogP contribution in [0.3, 0.4) is 0 Å². The maximum Gasteiger partial charge on any atom is 0.227 e. The smallest absolute Gasteiger partial charge is 0.227 e. The van der Waals surface area contributed by atoms with E-state index < -0.39 is 0 Å². The highest BCUT2D eigenvalue weighted by Crippen LogP contribution is 2.32. The number of thioether (sulfide) groups is 1. The van der Waals surface area contributed by atoms with Crippen molar-refractivity contribution in [2.24, 2.45) is 0 Å². The van der Waals surface area contributed by atoms with Gasteiger partial charge >= 0.3 is 0 Å². The maximum absolute atomic E-state index is 12.2. The van der Waals surface area contributed by atoms with Gasteiger partial charge in [-0.2, -0.15) is 0 Å². The average molecular weight is 465 g/mol. The quantitative estimate of drug-likeness (QED) is 0.301. The Balaban J connectivity index is 1.30. The minimum absolute atomic E-state index is 0.191. The molecule has 0 spiro atoms. The zero-order valence-corrected chi connectivity index (χ0v) is 19.6. The van der Waals surface area contributed by atoms with Crippen LogP contribution in [0.4, 0.5) is 0 Å². The van der Waals surface area contributed by atoms with E-state index in [0.29, 0.717) is 12.4 Å². The van der Waals surface area contributed by atoms with Gasteiger partial charge in [0.2, 0.25) is 11.2 Å². The Hall–Kier alpha value is -2.16. The number of methoxy groups -OCH3 is 2. The minimum atomic E-state index is -0.213. The third kappa shape index (κ3) is 7.76. The van der Waals surface area contributed by atoms with Gasteiger partial charge in [0.15, 0.2) is 17.8 Å². The highest BCUT2D eigenvalue weighted by Gasteiger charge is 2.15. The van der Waals surface area contributed by atoms with Crippen LogP contribution in [0, 0.1) is 0 Å². The lowest BCUT2D eigenvalue weighted by Gasteiger charge is -2.22. The first kappa shape index (κ1) is 24.5. The first-order chi connectivity index (χ1) is 15.7. The molecule has 2 aromatic rings. The van der Waals surface area contributed by atoms with E-state index in [-0.39, 0.29) is 24.1 Å². The zero-order chi connectivity index (χ0) is 22.6. The van der Waals surface area contributed by atoms with E-state index in [4.69, 9.17) is 28.1 Å². The summed E-state index contributed by atoms with van der Waals surface area (Å²) in [4.78, 5) is 13.4. The summed E-state index contributed by atoms with van der Waals surface area (Å²) >= 11 is 1.78. The molecule has 1 fully saturated rings. The van der Waals surface area contributed by atoms with Crippen LogP contribution in [0.25, 0.3) is 0 Å². The molecular formula is C24H32O7S. The van der Waals surface area contributed by atoms with Crippen molar-refractivity contribution in [1.29, 1.82) is 0 Å². The van der Waals surface area contributed by atoms with Crippen LogP contribution in [0.1, 0.15) is 44.3 Å². The molecule has 1 atom stereocenters. The SMILES string of the molecule is COc1ccc(SCCCCCOc2coc(COC3CCCCO3)cc2=O)cc1OC. The predicted octanol–water partition coefficient (Wildman–Crippen LogP) is 5.04. The molecule has 1 aromatic heterocycles. The fourth-order valence-electron chi connectivity index (χ4n) is 3.30.